The predicted octanol–water partition coefficient (Wildman–Crippen LogP) is 8.03. The molecule has 5 heteroatoms. The second-order valence-electron chi connectivity index (χ2n) is 7.31. The van der Waals surface area contributed by atoms with Crippen molar-refractivity contribution in [3.63, 3.8) is 0 Å². The predicted molar refractivity (Wildman–Crippen MR) is 120 cm³/mol. The van der Waals surface area contributed by atoms with Gasteiger partial charge in [-0.15, -0.1) is 0 Å². The Bertz CT molecular complexity index is 314. The summed E-state index contributed by atoms with van der Waals surface area (Å²) in [6.45, 7) is 4.56. The van der Waals surface area contributed by atoms with E-state index >= 15 is 0 Å². The molecule has 1 unspecified atom stereocenters. The average Bonchev–Trinajstić information content (AvgIpc) is 2.56. The van der Waals surface area contributed by atoms with Gasteiger partial charge in [-0.1, -0.05) is 0 Å². The van der Waals surface area contributed by atoms with Crippen molar-refractivity contribution in [2.24, 2.45) is 0 Å². The van der Waals surface area contributed by atoms with Crippen molar-refractivity contribution in [3.05, 3.63) is 0 Å². The summed E-state index contributed by atoms with van der Waals surface area (Å²) in [5.41, 5.74) is 0. The van der Waals surface area contributed by atoms with Crippen LogP contribution in [-0.2, 0) is 29.4 Å². The van der Waals surface area contributed by atoms with E-state index < -0.39 is 3.56 Å². The van der Waals surface area contributed by atoms with Gasteiger partial charge in [0.25, 0.3) is 0 Å². The molecule has 0 amide bonds. The molecule has 0 spiro atoms. The molecule has 1 N–H and O–H groups in total. The van der Waals surface area contributed by atoms with E-state index in [2.05, 4.69) is 26.1 Å². The SMILES string of the molecule is CCCCCCCCCCS(CCCCCCCCCC)=[P](O)(S)[Mo]. The molecule has 0 aliphatic heterocycles. The van der Waals surface area contributed by atoms with Gasteiger partial charge >= 0.3 is 178 Å². The van der Waals surface area contributed by atoms with Crippen molar-refractivity contribution in [2.45, 2.75) is 117 Å². The first kappa shape index (κ1) is 26.8. The maximum absolute atomic E-state index is 10.5. The van der Waals surface area contributed by atoms with Gasteiger partial charge in [0.05, 0.1) is 0 Å². The van der Waals surface area contributed by atoms with Crippen LogP contribution in [0.2, 0.25) is 0 Å². The second kappa shape index (κ2) is 19.1. The van der Waals surface area contributed by atoms with E-state index in [1.807, 2.05) is 19.3 Å². The van der Waals surface area contributed by atoms with Crippen molar-refractivity contribution in [3.8, 4) is 0 Å². The van der Waals surface area contributed by atoms with Crippen LogP contribution in [0.1, 0.15) is 117 Å². The molecule has 0 fully saturated rings. The summed E-state index contributed by atoms with van der Waals surface area (Å²) in [5.74, 6) is 2.44. The molecule has 0 bridgehead atoms. The number of rotatable bonds is 18. The van der Waals surface area contributed by atoms with Crippen molar-refractivity contribution in [2.75, 3.05) is 11.5 Å². The summed E-state index contributed by atoms with van der Waals surface area (Å²) >= 11 is 6.53. The molecule has 1 nitrogen and oxygen atoms in total. The molecular weight excluding hydrogens is 447 g/mol. The van der Waals surface area contributed by atoms with Crippen LogP contribution in [0.3, 0.4) is 0 Å². The summed E-state index contributed by atoms with van der Waals surface area (Å²) in [5, 5.41) is 0. The van der Waals surface area contributed by atoms with E-state index in [0.29, 0.717) is 0 Å². The minimum absolute atomic E-state index is 0.173. The quantitative estimate of drug-likeness (QED) is 0.0861. The third kappa shape index (κ3) is 18.9. The molecule has 0 saturated heterocycles. The standard InChI is InChI=1S/C20H44OPS2.Mo/c1-3-5-7-9-11-13-15-17-19-24(22(21)23)20-18-16-14-12-10-8-6-4-2;/h21,23H,3-20H2,1-2H3;/q+1;-1. The molecule has 0 aromatic rings. The number of unbranched alkanes of at least 4 members (excludes halogenated alkanes) is 14. The zero-order chi connectivity index (χ0) is 18.8. The third-order valence-corrected chi connectivity index (χ3v) is 16.9. The normalized spacial score (nSPS) is 14.1. The Morgan fingerprint density at radius 2 is 0.920 bits per heavy atom. The molecule has 0 aromatic carbocycles. The van der Waals surface area contributed by atoms with E-state index in [9.17, 15) is 4.89 Å². The molecule has 0 saturated carbocycles. The van der Waals surface area contributed by atoms with Crippen molar-refractivity contribution < 1.29 is 24.2 Å². The molecule has 0 aromatic heterocycles. The Labute approximate surface area is 177 Å². The number of thiol groups is 1. The summed E-state index contributed by atoms with van der Waals surface area (Å²) in [6.07, 6.45) is 22.0. The number of hydrogen-bond acceptors (Lipinski definition) is 0. The maximum atomic E-state index is 10.5. The van der Waals surface area contributed by atoms with Gasteiger partial charge in [-0.05, 0) is 0 Å². The molecule has 0 aliphatic carbocycles. The monoisotopic (exact) mass is 493 g/mol. The summed E-state index contributed by atoms with van der Waals surface area (Å²) < 4.78 is -1.93. The summed E-state index contributed by atoms with van der Waals surface area (Å²) in [4.78, 5) is 10.5. The molecule has 25 heavy (non-hydrogen) atoms. The van der Waals surface area contributed by atoms with Gasteiger partial charge in [0.1, 0.15) is 0 Å². The van der Waals surface area contributed by atoms with Crippen LogP contribution in [0, 0.1) is 0 Å². The molecule has 0 rings (SSSR count). The van der Waals surface area contributed by atoms with E-state index in [4.69, 9.17) is 0 Å². The summed E-state index contributed by atoms with van der Waals surface area (Å²) in [7, 11) is 0.173. The minimum atomic E-state index is -1.93. The van der Waals surface area contributed by atoms with Gasteiger partial charge in [-0.25, -0.2) is 0 Å². The molecule has 0 heterocycles. The van der Waals surface area contributed by atoms with E-state index in [1.54, 1.807) is 0 Å². The van der Waals surface area contributed by atoms with Crippen LogP contribution in [-0.4, -0.2) is 16.4 Å². The van der Waals surface area contributed by atoms with Gasteiger partial charge in [-0.3, -0.25) is 0 Å². The van der Waals surface area contributed by atoms with Crippen LogP contribution >= 0.6 is 15.8 Å². The Morgan fingerprint density at radius 3 is 1.20 bits per heavy atom. The van der Waals surface area contributed by atoms with E-state index in [0.717, 1.165) is 0 Å². The fourth-order valence-electron chi connectivity index (χ4n) is 3.15. The molecule has 0 aliphatic rings. The van der Waals surface area contributed by atoms with Gasteiger partial charge < -0.3 is 0 Å². The van der Waals surface area contributed by atoms with Crippen molar-refractivity contribution in [1.29, 1.82) is 0 Å². The Balaban J connectivity index is 3.75. The number of hydrogen-bond donors (Lipinski definition) is 2. The van der Waals surface area contributed by atoms with E-state index in [-0.39, 0.29) is 10.1 Å². The average molecular weight is 492 g/mol. The van der Waals surface area contributed by atoms with Crippen LogP contribution in [0.25, 0.3) is 0 Å². The topological polar surface area (TPSA) is 20.2 Å². The van der Waals surface area contributed by atoms with Crippen LogP contribution < -0.4 is 0 Å². The molecule has 0 radical (unpaired) electrons. The molecule has 1 atom stereocenters. The fourth-order valence-corrected chi connectivity index (χ4v) is 11.9. The second-order valence-corrected chi connectivity index (χ2v) is 23.6. The van der Waals surface area contributed by atoms with Crippen molar-refractivity contribution >= 4 is 25.9 Å². The van der Waals surface area contributed by atoms with Crippen LogP contribution in [0.5, 0.6) is 0 Å². The van der Waals surface area contributed by atoms with E-state index in [1.165, 1.54) is 114 Å². The Morgan fingerprint density at radius 1 is 0.640 bits per heavy atom. The summed E-state index contributed by atoms with van der Waals surface area (Å²) in [6, 6.07) is 0. The first-order chi connectivity index (χ1) is 12.0. The van der Waals surface area contributed by atoms with Gasteiger partial charge in [0.2, 0.25) is 0 Å². The zero-order valence-corrected chi connectivity index (χ0v) is 21.5. The zero-order valence-electron chi connectivity index (χ0n) is 16.9. The first-order valence-corrected chi connectivity index (χ1v) is 18.4. The van der Waals surface area contributed by atoms with Gasteiger partial charge in [0, 0.05) is 0 Å². The van der Waals surface area contributed by atoms with Gasteiger partial charge in [-0.2, -0.15) is 0 Å². The van der Waals surface area contributed by atoms with Crippen LogP contribution in [0.4, 0.5) is 0 Å². The molecule has 153 valence electrons. The third-order valence-electron chi connectivity index (χ3n) is 4.80. The Hall–Kier alpha value is 1.78. The van der Waals surface area contributed by atoms with Crippen LogP contribution in [0.15, 0.2) is 0 Å². The molecular formula is C20H44MoOPS2. The van der Waals surface area contributed by atoms with Crippen molar-refractivity contribution in [1.82, 2.24) is 0 Å². The Kier molecular flexibility index (Phi) is 20.5. The fraction of sp³-hybridized carbons (Fsp3) is 1.00. The first-order valence-electron chi connectivity index (χ1n) is 10.8. The van der Waals surface area contributed by atoms with Gasteiger partial charge in [0.15, 0.2) is 0 Å².